The number of benzene rings is 1. The van der Waals surface area contributed by atoms with E-state index >= 15 is 0 Å². The van der Waals surface area contributed by atoms with Gasteiger partial charge in [-0.25, -0.2) is 8.78 Å². The van der Waals surface area contributed by atoms with E-state index in [0.717, 1.165) is 44.9 Å². The number of aromatic nitrogens is 3. The quantitative estimate of drug-likeness (QED) is 0.798. The Bertz CT molecular complexity index is 759. The lowest BCUT2D eigenvalue weighted by molar-refractivity contribution is 0.0934. The second-order valence-corrected chi connectivity index (χ2v) is 6.32. The van der Waals surface area contributed by atoms with Gasteiger partial charge in [-0.15, -0.1) is 5.10 Å². The summed E-state index contributed by atoms with van der Waals surface area (Å²) in [6, 6.07) is 2.66. The van der Waals surface area contributed by atoms with Gasteiger partial charge < -0.3 is 10.6 Å². The van der Waals surface area contributed by atoms with Gasteiger partial charge in [-0.05, 0) is 13.0 Å². The molecule has 1 aromatic carbocycles. The number of amides is 1. The molecule has 0 aliphatic carbocycles. The van der Waals surface area contributed by atoms with Crippen molar-refractivity contribution in [2.45, 2.75) is 19.5 Å². The molecule has 1 aliphatic rings. The minimum absolute atomic E-state index is 0.166. The normalized spacial score (nSPS) is 16.4. The number of hydrogen-bond donors (Lipinski definition) is 2. The Morgan fingerprint density at radius 3 is 2.81 bits per heavy atom. The Balaban J connectivity index is 1.55. The molecule has 1 aliphatic heterocycles. The van der Waals surface area contributed by atoms with Crippen molar-refractivity contribution in [2.75, 3.05) is 32.7 Å². The first-order valence-electron chi connectivity index (χ1n) is 8.62. The number of piperazine rings is 1. The van der Waals surface area contributed by atoms with E-state index in [0.29, 0.717) is 6.54 Å². The van der Waals surface area contributed by atoms with Gasteiger partial charge in [0.05, 0.1) is 18.8 Å². The lowest BCUT2D eigenvalue weighted by Crippen LogP contribution is -2.44. The van der Waals surface area contributed by atoms with Crippen molar-refractivity contribution >= 4 is 5.91 Å². The summed E-state index contributed by atoms with van der Waals surface area (Å²) in [4.78, 5) is 14.6. The molecule has 1 amide bonds. The maximum absolute atomic E-state index is 13.8. The van der Waals surface area contributed by atoms with Crippen LogP contribution in [-0.4, -0.2) is 58.5 Å². The summed E-state index contributed by atoms with van der Waals surface area (Å²) in [5, 5.41) is 13.8. The third-order valence-electron chi connectivity index (χ3n) is 4.40. The van der Waals surface area contributed by atoms with E-state index < -0.39 is 23.6 Å². The summed E-state index contributed by atoms with van der Waals surface area (Å²) in [5.74, 6) is -1.80. The lowest BCUT2D eigenvalue weighted by atomic mass is 10.1. The van der Waals surface area contributed by atoms with Crippen LogP contribution in [0.2, 0.25) is 0 Å². The first-order valence-corrected chi connectivity index (χ1v) is 8.62. The number of hydrogen-bond acceptors (Lipinski definition) is 5. The Labute approximate surface area is 150 Å². The van der Waals surface area contributed by atoms with E-state index in [1.165, 1.54) is 6.07 Å². The van der Waals surface area contributed by atoms with Crippen molar-refractivity contribution in [3.63, 3.8) is 0 Å². The Kier molecular flexibility index (Phi) is 5.89. The summed E-state index contributed by atoms with van der Waals surface area (Å²) >= 11 is 0. The third-order valence-corrected chi connectivity index (χ3v) is 4.40. The van der Waals surface area contributed by atoms with Gasteiger partial charge in [0.25, 0.3) is 5.91 Å². The molecule has 7 nitrogen and oxygen atoms in total. The van der Waals surface area contributed by atoms with Crippen molar-refractivity contribution in [3.05, 3.63) is 47.3 Å². The van der Waals surface area contributed by atoms with E-state index in [4.69, 9.17) is 0 Å². The molecule has 1 atom stereocenters. The van der Waals surface area contributed by atoms with E-state index in [-0.39, 0.29) is 11.3 Å². The van der Waals surface area contributed by atoms with Gasteiger partial charge in [0.15, 0.2) is 5.69 Å². The standard InChI is InChI=1S/C17H22F2N6O/c1-12(14-3-2-13(18)10-15(14)19)21-17(26)16-11-25(23-22-16)9-8-24-6-4-20-5-7-24/h2-3,10-12,20H,4-9H2,1H3,(H,21,26)/t12-/m1/s1. The zero-order valence-electron chi connectivity index (χ0n) is 14.6. The number of rotatable bonds is 6. The molecule has 26 heavy (non-hydrogen) atoms. The summed E-state index contributed by atoms with van der Waals surface area (Å²) < 4.78 is 28.4. The molecular weight excluding hydrogens is 342 g/mol. The molecule has 140 valence electrons. The zero-order chi connectivity index (χ0) is 18.5. The summed E-state index contributed by atoms with van der Waals surface area (Å²) in [5.41, 5.74) is 0.380. The molecule has 9 heteroatoms. The summed E-state index contributed by atoms with van der Waals surface area (Å²) in [6.07, 6.45) is 1.57. The van der Waals surface area contributed by atoms with Gasteiger partial charge in [-0.1, -0.05) is 11.3 Å². The maximum Gasteiger partial charge on any atom is 0.273 e. The third kappa shape index (κ3) is 4.61. The molecule has 2 heterocycles. The topological polar surface area (TPSA) is 75.1 Å². The number of carbonyl (C=O) groups is 1. The highest BCUT2D eigenvalue weighted by atomic mass is 19.1. The van der Waals surface area contributed by atoms with Gasteiger partial charge in [0, 0.05) is 44.4 Å². The molecular formula is C17H22F2N6O. The van der Waals surface area contributed by atoms with Gasteiger partial charge in [-0.2, -0.15) is 0 Å². The van der Waals surface area contributed by atoms with Crippen LogP contribution in [0.1, 0.15) is 29.0 Å². The van der Waals surface area contributed by atoms with Crippen LogP contribution < -0.4 is 10.6 Å². The van der Waals surface area contributed by atoms with Crippen molar-refractivity contribution in [1.29, 1.82) is 0 Å². The van der Waals surface area contributed by atoms with E-state index in [1.54, 1.807) is 17.8 Å². The van der Waals surface area contributed by atoms with Crippen molar-refractivity contribution in [1.82, 2.24) is 30.5 Å². The SMILES string of the molecule is C[C@@H](NC(=O)c1cn(CCN2CCNCC2)nn1)c1ccc(F)cc1F. The van der Waals surface area contributed by atoms with Crippen LogP contribution in [0.25, 0.3) is 0 Å². The van der Waals surface area contributed by atoms with Crippen molar-refractivity contribution in [2.24, 2.45) is 0 Å². The molecule has 3 rings (SSSR count). The molecule has 1 fully saturated rings. The first-order chi connectivity index (χ1) is 12.5. The number of nitrogens with one attached hydrogen (secondary N) is 2. The number of halogens is 2. The molecule has 0 saturated carbocycles. The highest BCUT2D eigenvalue weighted by Crippen LogP contribution is 2.18. The molecule has 2 aromatic rings. The van der Waals surface area contributed by atoms with Crippen LogP contribution in [0.3, 0.4) is 0 Å². The fourth-order valence-corrected chi connectivity index (χ4v) is 2.89. The van der Waals surface area contributed by atoms with Gasteiger partial charge in [0.1, 0.15) is 11.6 Å². The highest BCUT2D eigenvalue weighted by Gasteiger charge is 2.18. The Morgan fingerprint density at radius 2 is 2.08 bits per heavy atom. The average Bonchev–Trinajstić information content (AvgIpc) is 3.10. The minimum atomic E-state index is -0.697. The first kappa shape index (κ1) is 18.4. The zero-order valence-corrected chi connectivity index (χ0v) is 14.6. The largest absolute Gasteiger partial charge is 0.344 e. The van der Waals surface area contributed by atoms with E-state index in [1.807, 2.05) is 0 Å². The second-order valence-electron chi connectivity index (χ2n) is 6.32. The highest BCUT2D eigenvalue weighted by molar-refractivity contribution is 5.92. The summed E-state index contributed by atoms with van der Waals surface area (Å²) in [6.45, 7) is 7.03. The van der Waals surface area contributed by atoms with Crippen LogP contribution in [0, 0.1) is 11.6 Å². The molecule has 1 saturated heterocycles. The Morgan fingerprint density at radius 1 is 1.31 bits per heavy atom. The molecule has 0 radical (unpaired) electrons. The maximum atomic E-state index is 13.8. The number of carbonyl (C=O) groups excluding carboxylic acids is 1. The second kappa shape index (κ2) is 8.33. The van der Waals surface area contributed by atoms with Crippen LogP contribution >= 0.6 is 0 Å². The number of nitrogens with zero attached hydrogens (tertiary/aromatic N) is 4. The van der Waals surface area contributed by atoms with Crippen molar-refractivity contribution < 1.29 is 13.6 Å². The van der Waals surface area contributed by atoms with E-state index in [2.05, 4.69) is 25.8 Å². The van der Waals surface area contributed by atoms with Crippen LogP contribution in [0.15, 0.2) is 24.4 Å². The summed E-state index contributed by atoms with van der Waals surface area (Å²) in [7, 11) is 0. The molecule has 2 N–H and O–H groups in total. The lowest BCUT2D eigenvalue weighted by Gasteiger charge is -2.26. The fourth-order valence-electron chi connectivity index (χ4n) is 2.89. The van der Waals surface area contributed by atoms with E-state index in [9.17, 15) is 13.6 Å². The molecule has 0 spiro atoms. The average molecular weight is 364 g/mol. The smallest absolute Gasteiger partial charge is 0.273 e. The van der Waals surface area contributed by atoms with Crippen LogP contribution in [-0.2, 0) is 6.54 Å². The predicted molar refractivity (Wildman–Crippen MR) is 91.6 cm³/mol. The minimum Gasteiger partial charge on any atom is -0.344 e. The monoisotopic (exact) mass is 364 g/mol. The van der Waals surface area contributed by atoms with Crippen LogP contribution in [0.5, 0.6) is 0 Å². The molecule has 1 aromatic heterocycles. The Hall–Kier alpha value is -2.39. The fraction of sp³-hybridized carbons (Fsp3) is 0.471. The molecule has 0 bridgehead atoms. The van der Waals surface area contributed by atoms with Gasteiger partial charge in [-0.3, -0.25) is 14.4 Å². The van der Waals surface area contributed by atoms with Crippen LogP contribution in [0.4, 0.5) is 8.78 Å². The molecule has 0 unspecified atom stereocenters. The van der Waals surface area contributed by atoms with Gasteiger partial charge >= 0.3 is 0 Å². The van der Waals surface area contributed by atoms with Crippen molar-refractivity contribution in [3.8, 4) is 0 Å². The predicted octanol–water partition coefficient (Wildman–Crippen LogP) is 0.953. The van der Waals surface area contributed by atoms with Gasteiger partial charge in [0.2, 0.25) is 0 Å².